The monoisotopic (exact) mass is 385 g/mol. The summed E-state index contributed by atoms with van der Waals surface area (Å²) in [5.41, 5.74) is -1.39. The van der Waals surface area contributed by atoms with Gasteiger partial charge in [0.05, 0.1) is 17.0 Å². The zero-order valence-corrected chi connectivity index (χ0v) is 15.4. The molecule has 0 aliphatic carbocycles. The SMILES string of the molecule is CCCCC1(c2ccccc2)NC(=O)N(Cc2c(F)cccc2[N+](=O)[O-])C1=O. The third-order valence-electron chi connectivity index (χ3n) is 4.95. The Morgan fingerprint density at radius 3 is 2.50 bits per heavy atom. The first-order chi connectivity index (χ1) is 13.4. The molecule has 1 heterocycles. The van der Waals surface area contributed by atoms with Crippen LogP contribution in [0.15, 0.2) is 48.5 Å². The fourth-order valence-electron chi connectivity index (χ4n) is 3.48. The number of nitrogens with one attached hydrogen (secondary N) is 1. The Morgan fingerprint density at radius 2 is 1.86 bits per heavy atom. The molecule has 1 atom stereocenters. The third-order valence-corrected chi connectivity index (χ3v) is 4.95. The van der Waals surface area contributed by atoms with E-state index in [-0.39, 0.29) is 5.56 Å². The molecule has 7 nitrogen and oxygen atoms in total. The number of amides is 3. The molecule has 1 aliphatic rings. The van der Waals surface area contributed by atoms with Crippen molar-refractivity contribution in [2.45, 2.75) is 38.3 Å². The lowest BCUT2D eigenvalue weighted by Crippen LogP contribution is -2.44. The minimum atomic E-state index is -1.26. The summed E-state index contributed by atoms with van der Waals surface area (Å²) in [5.74, 6) is -1.37. The second-order valence-corrected chi connectivity index (χ2v) is 6.69. The van der Waals surface area contributed by atoms with E-state index < -0.39 is 40.4 Å². The van der Waals surface area contributed by atoms with Crippen LogP contribution in [0.5, 0.6) is 0 Å². The van der Waals surface area contributed by atoms with Gasteiger partial charge < -0.3 is 5.32 Å². The van der Waals surface area contributed by atoms with E-state index >= 15 is 0 Å². The Bertz CT molecular complexity index is 919. The van der Waals surface area contributed by atoms with Crippen LogP contribution >= 0.6 is 0 Å². The Morgan fingerprint density at radius 1 is 1.14 bits per heavy atom. The lowest BCUT2D eigenvalue weighted by atomic mass is 9.85. The van der Waals surface area contributed by atoms with Gasteiger partial charge >= 0.3 is 6.03 Å². The number of carbonyl (C=O) groups is 2. The summed E-state index contributed by atoms with van der Waals surface area (Å²) in [4.78, 5) is 37.3. The van der Waals surface area contributed by atoms with Crippen LogP contribution in [-0.2, 0) is 16.9 Å². The first kappa shape index (κ1) is 19.5. The van der Waals surface area contributed by atoms with Gasteiger partial charge in [0.15, 0.2) is 0 Å². The number of hydrogen-bond donors (Lipinski definition) is 1. The Kier molecular flexibility index (Phi) is 5.39. The largest absolute Gasteiger partial charge is 0.325 e. The number of benzene rings is 2. The van der Waals surface area contributed by atoms with Gasteiger partial charge in [-0.2, -0.15) is 0 Å². The topological polar surface area (TPSA) is 92.6 Å². The van der Waals surface area contributed by atoms with Crippen LogP contribution in [0.1, 0.15) is 37.3 Å². The predicted molar refractivity (Wildman–Crippen MR) is 99.8 cm³/mol. The Labute approximate surface area is 161 Å². The van der Waals surface area contributed by atoms with E-state index in [4.69, 9.17) is 0 Å². The van der Waals surface area contributed by atoms with Gasteiger partial charge in [0, 0.05) is 6.07 Å². The van der Waals surface area contributed by atoms with E-state index in [1.165, 1.54) is 6.07 Å². The van der Waals surface area contributed by atoms with Gasteiger partial charge in [-0.05, 0) is 18.1 Å². The zero-order chi connectivity index (χ0) is 20.3. The van der Waals surface area contributed by atoms with Crippen molar-refractivity contribution in [3.8, 4) is 0 Å². The standard InChI is InChI=1S/C20H20FN3O4/c1-2-3-12-20(14-8-5-4-6-9-14)18(25)23(19(26)22-20)13-15-16(21)10-7-11-17(15)24(27)28/h4-11H,2-3,12-13H2,1H3,(H,22,26). The molecule has 0 saturated carbocycles. The van der Waals surface area contributed by atoms with Gasteiger partial charge in [0.1, 0.15) is 11.4 Å². The number of unbranched alkanes of at least 4 members (excludes halogenated alkanes) is 1. The fourth-order valence-corrected chi connectivity index (χ4v) is 3.48. The van der Waals surface area contributed by atoms with Crippen LogP contribution in [-0.4, -0.2) is 21.8 Å². The van der Waals surface area contributed by atoms with Crippen LogP contribution < -0.4 is 5.32 Å². The second-order valence-electron chi connectivity index (χ2n) is 6.69. The molecule has 1 unspecified atom stereocenters. The maximum absolute atomic E-state index is 14.3. The molecule has 2 aromatic rings. The summed E-state index contributed by atoms with van der Waals surface area (Å²) in [6.07, 6.45) is 1.89. The minimum Gasteiger partial charge on any atom is -0.319 e. The number of nitro benzene ring substituents is 1. The maximum Gasteiger partial charge on any atom is 0.325 e. The Hall–Kier alpha value is -3.29. The molecule has 3 rings (SSSR count). The molecule has 1 aliphatic heterocycles. The van der Waals surface area contributed by atoms with E-state index in [1.54, 1.807) is 30.3 Å². The molecule has 146 valence electrons. The van der Waals surface area contributed by atoms with Gasteiger partial charge in [-0.15, -0.1) is 0 Å². The van der Waals surface area contributed by atoms with E-state index in [9.17, 15) is 24.1 Å². The number of urea groups is 1. The molecule has 0 radical (unpaired) electrons. The van der Waals surface area contributed by atoms with Gasteiger partial charge in [0.25, 0.3) is 11.6 Å². The molecule has 0 aromatic heterocycles. The number of nitrogens with zero attached hydrogens (tertiary/aromatic N) is 2. The molecule has 8 heteroatoms. The quantitative estimate of drug-likeness (QED) is 0.445. The molecule has 2 aromatic carbocycles. The zero-order valence-electron chi connectivity index (χ0n) is 15.4. The van der Waals surface area contributed by atoms with Crippen molar-refractivity contribution in [3.63, 3.8) is 0 Å². The smallest absolute Gasteiger partial charge is 0.319 e. The van der Waals surface area contributed by atoms with E-state index in [0.717, 1.165) is 23.5 Å². The Balaban J connectivity index is 2.00. The lowest BCUT2D eigenvalue weighted by Gasteiger charge is -2.27. The van der Waals surface area contributed by atoms with E-state index in [0.29, 0.717) is 18.4 Å². The fraction of sp³-hybridized carbons (Fsp3) is 0.300. The summed E-state index contributed by atoms with van der Waals surface area (Å²) in [7, 11) is 0. The van der Waals surface area contributed by atoms with E-state index in [1.807, 2.05) is 6.92 Å². The van der Waals surface area contributed by atoms with Crippen LogP contribution in [0, 0.1) is 15.9 Å². The van der Waals surface area contributed by atoms with Gasteiger partial charge in [-0.25, -0.2) is 9.18 Å². The average molecular weight is 385 g/mol. The molecular weight excluding hydrogens is 365 g/mol. The molecule has 1 N–H and O–H groups in total. The molecule has 28 heavy (non-hydrogen) atoms. The summed E-state index contributed by atoms with van der Waals surface area (Å²) < 4.78 is 14.3. The first-order valence-corrected chi connectivity index (χ1v) is 9.02. The maximum atomic E-state index is 14.3. The summed E-state index contributed by atoms with van der Waals surface area (Å²) in [6, 6.07) is 11.6. The van der Waals surface area contributed by atoms with Crippen LogP contribution in [0.4, 0.5) is 14.9 Å². The summed E-state index contributed by atoms with van der Waals surface area (Å²) >= 11 is 0. The highest BCUT2D eigenvalue weighted by Gasteiger charge is 2.52. The second kappa shape index (κ2) is 7.75. The number of halogens is 1. The van der Waals surface area contributed by atoms with Crippen molar-refractivity contribution in [1.82, 2.24) is 10.2 Å². The molecule has 0 spiro atoms. The van der Waals surface area contributed by atoms with Crippen LogP contribution in [0.25, 0.3) is 0 Å². The van der Waals surface area contributed by atoms with Gasteiger partial charge in [-0.1, -0.05) is 56.2 Å². The van der Waals surface area contributed by atoms with Crippen LogP contribution in [0.3, 0.4) is 0 Å². The van der Waals surface area contributed by atoms with Gasteiger partial charge in [0.2, 0.25) is 0 Å². The number of carbonyl (C=O) groups excluding carboxylic acids is 2. The lowest BCUT2D eigenvalue weighted by molar-refractivity contribution is -0.385. The van der Waals surface area contributed by atoms with Crippen molar-refractivity contribution in [3.05, 3.63) is 75.6 Å². The van der Waals surface area contributed by atoms with Crippen LogP contribution in [0.2, 0.25) is 0 Å². The number of imide groups is 1. The highest BCUT2D eigenvalue weighted by molar-refractivity contribution is 6.07. The molecule has 1 saturated heterocycles. The van der Waals surface area contributed by atoms with Crippen molar-refractivity contribution in [1.29, 1.82) is 0 Å². The van der Waals surface area contributed by atoms with E-state index in [2.05, 4.69) is 5.32 Å². The average Bonchev–Trinajstić information content (AvgIpc) is 2.93. The number of rotatable bonds is 7. The van der Waals surface area contributed by atoms with Gasteiger partial charge in [-0.3, -0.25) is 19.8 Å². The van der Waals surface area contributed by atoms with Crippen molar-refractivity contribution in [2.75, 3.05) is 0 Å². The summed E-state index contributed by atoms with van der Waals surface area (Å²) in [5, 5.41) is 14.0. The first-order valence-electron chi connectivity index (χ1n) is 9.02. The molecule has 3 amide bonds. The van der Waals surface area contributed by atoms with Crippen molar-refractivity contribution < 1.29 is 18.9 Å². The molecular formula is C20H20FN3O4. The third kappa shape index (κ3) is 3.33. The normalized spacial score (nSPS) is 19.0. The molecule has 1 fully saturated rings. The predicted octanol–water partition coefficient (Wildman–Crippen LogP) is 3.87. The minimum absolute atomic E-state index is 0.296. The highest BCUT2D eigenvalue weighted by atomic mass is 19.1. The molecule has 0 bridgehead atoms. The van der Waals surface area contributed by atoms with Crippen molar-refractivity contribution >= 4 is 17.6 Å². The number of hydrogen-bond acceptors (Lipinski definition) is 4. The number of nitro groups is 1. The highest BCUT2D eigenvalue weighted by Crippen LogP contribution is 2.35. The summed E-state index contributed by atoms with van der Waals surface area (Å²) in [6.45, 7) is 1.47. The van der Waals surface area contributed by atoms with Crippen molar-refractivity contribution in [2.24, 2.45) is 0 Å².